The van der Waals surface area contributed by atoms with E-state index in [2.05, 4.69) is 11.6 Å². The zero-order chi connectivity index (χ0) is 10.8. The smallest absolute Gasteiger partial charge is 0.204 e. The Morgan fingerprint density at radius 1 is 1.36 bits per heavy atom. The van der Waals surface area contributed by atoms with E-state index in [1.807, 2.05) is 0 Å². The van der Waals surface area contributed by atoms with Gasteiger partial charge in [0.2, 0.25) is 0 Å². The summed E-state index contributed by atoms with van der Waals surface area (Å²) in [4.78, 5) is 0. The quantitative estimate of drug-likeness (QED) is 0.669. The first-order valence-corrected chi connectivity index (χ1v) is 4.35. The lowest BCUT2D eigenvalue weighted by molar-refractivity contribution is 0.112. The lowest BCUT2D eigenvalue weighted by Gasteiger charge is -2.03. The Bertz CT molecular complexity index is 355. The molecule has 1 rings (SSSR count). The standard InChI is InChI=1S/C9H5Cl2F3/c10-7-3-1-2-6(4-7)5-8(12)9(11,13)14/h1-5H/b8-5-. The van der Waals surface area contributed by atoms with E-state index in [0.717, 1.165) is 0 Å². The molecule has 0 heterocycles. The number of halogens is 5. The highest BCUT2D eigenvalue weighted by Gasteiger charge is 2.31. The van der Waals surface area contributed by atoms with E-state index in [-0.39, 0.29) is 5.56 Å². The molecule has 0 saturated heterocycles. The first kappa shape index (κ1) is 11.4. The molecule has 0 atom stereocenters. The van der Waals surface area contributed by atoms with Crippen molar-refractivity contribution in [1.29, 1.82) is 0 Å². The lowest BCUT2D eigenvalue weighted by Crippen LogP contribution is -2.05. The van der Waals surface area contributed by atoms with Gasteiger partial charge in [0.15, 0.2) is 5.83 Å². The van der Waals surface area contributed by atoms with Crippen molar-refractivity contribution in [1.82, 2.24) is 0 Å². The molecule has 1 aromatic carbocycles. The van der Waals surface area contributed by atoms with Crippen LogP contribution in [-0.4, -0.2) is 5.38 Å². The average Bonchev–Trinajstić information content (AvgIpc) is 2.02. The molecule has 0 aliphatic carbocycles. The van der Waals surface area contributed by atoms with E-state index in [9.17, 15) is 13.2 Å². The predicted molar refractivity (Wildman–Crippen MR) is 51.3 cm³/mol. The summed E-state index contributed by atoms with van der Waals surface area (Å²) in [7, 11) is 0. The third-order valence-electron chi connectivity index (χ3n) is 1.41. The van der Waals surface area contributed by atoms with E-state index in [1.165, 1.54) is 18.2 Å². The Morgan fingerprint density at radius 3 is 2.50 bits per heavy atom. The van der Waals surface area contributed by atoms with Gasteiger partial charge >= 0.3 is 5.38 Å². The molecular weight excluding hydrogens is 236 g/mol. The van der Waals surface area contributed by atoms with Crippen molar-refractivity contribution in [2.45, 2.75) is 5.38 Å². The monoisotopic (exact) mass is 240 g/mol. The molecule has 0 nitrogen and oxygen atoms in total. The number of rotatable bonds is 2. The topological polar surface area (TPSA) is 0 Å². The Morgan fingerprint density at radius 2 is 2.00 bits per heavy atom. The predicted octanol–water partition coefficient (Wildman–Crippen LogP) is 4.48. The molecule has 0 bridgehead atoms. The summed E-state index contributed by atoms with van der Waals surface area (Å²) >= 11 is 10.0. The minimum absolute atomic E-state index is 0.232. The SMILES string of the molecule is F/C(=C\c1cccc(Cl)c1)C(F)(F)Cl. The van der Waals surface area contributed by atoms with Gasteiger partial charge < -0.3 is 0 Å². The zero-order valence-corrected chi connectivity index (χ0v) is 8.29. The summed E-state index contributed by atoms with van der Waals surface area (Å²) in [6.45, 7) is 0. The van der Waals surface area contributed by atoms with Crippen molar-refractivity contribution in [3.8, 4) is 0 Å². The second-order valence-electron chi connectivity index (χ2n) is 2.55. The van der Waals surface area contributed by atoms with Gasteiger partial charge in [-0.1, -0.05) is 23.7 Å². The average molecular weight is 241 g/mol. The molecule has 0 unspecified atom stereocenters. The molecule has 0 saturated carbocycles. The van der Waals surface area contributed by atoms with Gasteiger partial charge in [0.05, 0.1) is 0 Å². The summed E-state index contributed by atoms with van der Waals surface area (Å²) in [6.07, 6.45) is 0.638. The first-order valence-electron chi connectivity index (χ1n) is 3.59. The summed E-state index contributed by atoms with van der Waals surface area (Å²) in [5.74, 6) is -1.71. The van der Waals surface area contributed by atoms with Crippen LogP contribution in [0, 0.1) is 0 Å². The number of alkyl halides is 3. The largest absolute Gasteiger partial charge is 0.373 e. The van der Waals surface area contributed by atoms with Crippen LogP contribution in [0.1, 0.15) is 5.56 Å². The van der Waals surface area contributed by atoms with Crippen LogP contribution in [0.25, 0.3) is 6.08 Å². The fourth-order valence-corrected chi connectivity index (χ4v) is 1.08. The third kappa shape index (κ3) is 3.24. The summed E-state index contributed by atoms with van der Waals surface area (Å²) < 4.78 is 37.0. The van der Waals surface area contributed by atoms with Crippen LogP contribution in [0.4, 0.5) is 13.2 Å². The van der Waals surface area contributed by atoms with Gasteiger partial charge in [0, 0.05) is 5.02 Å². The Kier molecular flexibility index (Phi) is 3.45. The number of hydrogen-bond acceptors (Lipinski definition) is 0. The Labute approximate surface area is 88.9 Å². The van der Waals surface area contributed by atoms with Gasteiger partial charge in [0.25, 0.3) is 0 Å². The fourth-order valence-electron chi connectivity index (χ4n) is 0.825. The molecule has 0 N–H and O–H groups in total. The van der Waals surface area contributed by atoms with E-state index in [1.54, 1.807) is 6.07 Å². The zero-order valence-electron chi connectivity index (χ0n) is 6.78. The minimum atomic E-state index is -3.97. The van der Waals surface area contributed by atoms with Crippen LogP contribution in [0.15, 0.2) is 30.1 Å². The molecule has 0 fully saturated rings. The van der Waals surface area contributed by atoms with E-state index in [0.29, 0.717) is 11.1 Å². The summed E-state index contributed by atoms with van der Waals surface area (Å²) in [5.41, 5.74) is 0.232. The normalized spacial score (nSPS) is 13.1. The fraction of sp³-hybridized carbons (Fsp3) is 0.111. The molecule has 0 aliphatic rings. The van der Waals surface area contributed by atoms with Gasteiger partial charge in [0.1, 0.15) is 0 Å². The molecule has 76 valence electrons. The molecule has 1 aromatic rings. The molecule has 0 aromatic heterocycles. The number of allylic oxidation sites excluding steroid dienone is 1. The van der Waals surface area contributed by atoms with Crippen LogP contribution in [0.3, 0.4) is 0 Å². The van der Waals surface area contributed by atoms with Crippen LogP contribution < -0.4 is 0 Å². The molecule has 0 radical (unpaired) electrons. The van der Waals surface area contributed by atoms with Crippen molar-refractivity contribution >= 4 is 29.3 Å². The molecule has 0 amide bonds. The maximum Gasteiger partial charge on any atom is 0.373 e. The van der Waals surface area contributed by atoms with E-state index in [4.69, 9.17) is 11.6 Å². The summed E-state index contributed by atoms with van der Waals surface area (Å²) in [6, 6.07) is 5.86. The molecule has 14 heavy (non-hydrogen) atoms. The highest BCUT2D eigenvalue weighted by molar-refractivity contribution is 6.30. The molecule has 0 aliphatic heterocycles. The Balaban J connectivity index is 2.98. The maximum absolute atomic E-state index is 12.7. The van der Waals surface area contributed by atoms with Crippen molar-refractivity contribution in [2.24, 2.45) is 0 Å². The molecule has 0 spiro atoms. The van der Waals surface area contributed by atoms with Crippen LogP contribution in [0.5, 0.6) is 0 Å². The number of hydrogen-bond donors (Lipinski definition) is 0. The first-order chi connectivity index (χ1) is 6.39. The number of benzene rings is 1. The van der Waals surface area contributed by atoms with Crippen molar-refractivity contribution in [2.75, 3.05) is 0 Å². The van der Waals surface area contributed by atoms with Gasteiger partial charge in [-0.3, -0.25) is 0 Å². The van der Waals surface area contributed by atoms with Gasteiger partial charge in [-0.05, 0) is 35.4 Å². The van der Waals surface area contributed by atoms with Gasteiger partial charge in [-0.15, -0.1) is 0 Å². The highest BCUT2D eigenvalue weighted by atomic mass is 35.5. The van der Waals surface area contributed by atoms with Crippen LogP contribution >= 0.6 is 23.2 Å². The highest BCUT2D eigenvalue weighted by Crippen LogP contribution is 2.31. The van der Waals surface area contributed by atoms with Crippen LogP contribution in [-0.2, 0) is 0 Å². The van der Waals surface area contributed by atoms with Gasteiger partial charge in [-0.25, -0.2) is 4.39 Å². The third-order valence-corrected chi connectivity index (χ3v) is 1.83. The minimum Gasteiger partial charge on any atom is -0.204 e. The van der Waals surface area contributed by atoms with Gasteiger partial charge in [-0.2, -0.15) is 8.78 Å². The van der Waals surface area contributed by atoms with Crippen LogP contribution in [0.2, 0.25) is 5.02 Å². The molecular formula is C9H5Cl2F3. The van der Waals surface area contributed by atoms with Crippen molar-refractivity contribution < 1.29 is 13.2 Å². The Hall–Kier alpha value is -0.670. The second kappa shape index (κ2) is 4.24. The maximum atomic E-state index is 12.7. The lowest BCUT2D eigenvalue weighted by atomic mass is 10.2. The second-order valence-corrected chi connectivity index (χ2v) is 3.46. The molecule has 5 heteroatoms. The van der Waals surface area contributed by atoms with Crippen molar-refractivity contribution in [3.05, 3.63) is 40.7 Å². The van der Waals surface area contributed by atoms with E-state index < -0.39 is 11.2 Å². The summed E-state index contributed by atoms with van der Waals surface area (Å²) in [5, 5.41) is -3.63. The van der Waals surface area contributed by atoms with E-state index >= 15 is 0 Å². The van der Waals surface area contributed by atoms with Crippen molar-refractivity contribution in [3.63, 3.8) is 0 Å².